The molecule has 2 rings (SSSR count). The highest BCUT2D eigenvalue weighted by atomic mass is 15.1. The molecule has 2 heteroatoms. The van der Waals surface area contributed by atoms with Crippen LogP contribution in [0.4, 0.5) is 0 Å². The van der Waals surface area contributed by atoms with Crippen LogP contribution in [0, 0.1) is 11.8 Å². The average Bonchev–Trinajstić information content (AvgIpc) is 2.81. The van der Waals surface area contributed by atoms with Crippen LogP contribution in [-0.2, 0) is 0 Å². The van der Waals surface area contributed by atoms with Crippen molar-refractivity contribution in [3.8, 4) is 0 Å². The van der Waals surface area contributed by atoms with Crippen LogP contribution in [0.2, 0.25) is 0 Å². The maximum atomic E-state index is 3.77. The highest BCUT2D eigenvalue weighted by Crippen LogP contribution is 2.31. The van der Waals surface area contributed by atoms with Crippen LogP contribution in [0.25, 0.3) is 0 Å². The van der Waals surface area contributed by atoms with Gasteiger partial charge in [-0.15, -0.1) is 0 Å². The standard InChI is InChI=1S/C12H24N2/c1-9-7-12(9)13-10(2)11-5-4-6-14(3)8-11/h9-13H,4-8H2,1-3H3. The monoisotopic (exact) mass is 196 g/mol. The van der Waals surface area contributed by atoms with Crippen molar-refractivity contribution in [2.45, 2.75) is 45.2 Å². The Morgan fingerprint density at radius 1 is 1.43 bits per heavy atom. The zero-order valence-corrected chi connectivity index (χ0v) is 9.79. The second-order valence-electron chi connectivity index (χ2n) is 5.44. The minimum atomic E-state index is 0.715. The molecule has 2 nitrogen and oxygen atoms in total. The fourth-order valence-electron chi connectivity index (χ4n) is 2.64. The number of hydrogen-bond donors (Lipinski definition) is 1. The molecule has 82 valence electrons. The molecule has 1 N–H and O–H groups in total. The molecule has 1 saturated heterocycles. The van der Waals surface area contributed by atoms with E-state index in [2.05, 4.69) is 31.1 Å². The first-order chi connectivity index (χ1) is 6.66. The van der Waals surface area contributed by atoms with Crippen LogP contribution >= 0.6 is 0 Å². The van der Waals surface area contributed by atoms with E-state index in [0.29, 0.717) is 6.04 Å². The van der Waals surface area contributed by atoms with Crippen molar-refractivity contribution in [2.24, 2.45) is 11.8 Å². The topological polar surface area (TPSA) is 15.3 Å². The maximum Gasteiger partial charge on any atom is 0.00989 e. The summed E-state index contributed by atoms with van der Waals surface area (Å²) in [6.07, 6.45) is 4.19. The normalized spacial score (nSPS) is 40.9. The van der Waals surface area contributed by atoms with Crippen molar-refractivity contribution in [3.63, 3.8) is 0 Å². The van der Waals surface area contributed by atoms with Gasteiger partial charge in [0.25, 0.3) is 0 Å². The summed E-state index contributed by atoms with van der Waals surface area (Å²) < 4.78 is 0. The molecule has 0 bridgehead atoms. The minimum absolute atomic E-state index is 0.715. The summed E-state index contributed by atoms with van der Waals surface area (Å²) in [5.41, 5.74) is 0. The van der Waals surface area contributed by atoms with Crippen molar-refractivity contribution >= 4 is 0 Å². The average molecular weight is 196 g/mol. The number of nitrogens with one attached hydrogen (secondary N) is 1. The molecule has 1 heterocycles. The molecular formula is C12H24N2. The lowest BCUT2D eigenvalue weighted by Gasteiger charge is -2.34. The smallest absolute Gasteiger partial charge is 0.00989 e. The van der Waals surface area contributed by atoms with E-state index in [1.807, 2.05) is 0 Å². The lowest BCUT2D eigenvalue weighted by atomic mass is 9.92. The fourth-order valence-corrected chi connectivity index (χ4v) is 2.64. The van der Waals surface area contributed by atoms with Gasteiger partial charge in [-0.25, -0.2) is 0 Å². The summed E-state index contributed by atoms with van der Waals surface area (Å²) in [6, 6.07) is 1.55. The number of likely N-dealkylation sites (tertiary alicyclic amines) is 1. The molecule has 0 amide bonds. The second kappa shape index (κ2) is 4.19. The quantitative estimate of drug-likeness (QED) is 0.739. The highest BCUT2D eigenvalue weighted by Gasteiger charge is 2.35. The first-order valence-electron chi connectivity index (χ1n) is 6.11. The molecule has 0 aromatic carbocycles. The molecule has 2 fully saturated rings. The van der Waals surface area contributed by atoms with E-state index in [1.54, 1.807) is 0 Å². The Bertz CT molecular complexity index is 193. The van der Waals surface area contributed by atoms with Crippen LogP contribution in [0.1, 0.15) is 33.1 Å². The summed E-state index contributed by atoms with van der Waals surface area (Å²) in [5, 5.41) is 3.77. The van der Waals surface area contributed by atoms with Crippen LogP contribution in [-0.4, -0.2) is 37.1 Å². The van der Waals surface area contributed by atoms with E-state index in [4.69, 9.17) is 0 Å². The van der Waals surface area contributed by atoms with Gasteiger partial charge in [0.1, 0.15) is 0 Å². The summed E-state index contributed by atoms with van der Waals surface area (Å²) in [6.45, 7) is 7.30. The molecule has 1 aliphatic carbocycles. The number of rotatable bonds is 3. The Hall–Kier alpha value is -0.0800. The molecule has 14 heavy (non-hydrogen) atoms. The Balaban J connectivity index is 1.75. The molecule has 0 radical (unpaired) electrons. The largest absolute Gasteiger partial charge is 0.311 e. The predicted octanol–water partition coefficient (Wildman–Crippen LogP) is 1.71. The Kier molecular flexibility index (Phi) is 3.13. The molecule has 1 saturated carbocycles. The molecular weight excluding hydrogens is 172 g/mol. The van der Waals surface area contributed by atoms with Gasteiger partial charge in [0.15, 0.2) is 0 Å². The van der Waals surface area contributed by atoms with Crippen LogP contribution in [0.3, 0.4) is 0 Å². The summed E-state index contributed by atoms with van der Waals surface area (Å²) in [7, 11) is 2.25. The first-order valence-corrected chi connectivity index (χ1v) is 6.11. The Morgan fingerprint density at radius 2 is 2.14 bits per heavy atom. The van der Waals surface area contributed by atoms with Gasteiger partial charge < -0.3 is 10.2 Å². The third-order valence-corrected chi connectivity index (χ3v) is 3.95. The summed E-state index contributed by atoms with van der Waals surface area (Å²) in [5.74, 6) is 1.81. The van der Waals surface area contributed by atoms with Crippen LogP contribution in [0.5, 0.6) is 0 Å². The van der Waals surface area contributed by atoms with Gasteiger partial charge in [-0.2, -0.15) is 0 Å². The molecule has 4 unspecified atom stereocenters. The van der Waals surface area contributed by atoms with E-state index in [-0.39, 0.29) is 0 Å². The zero-order valence-electron chi connectivity index (χ0n) is 9.79. The molecule has 0 aromatic heterocycles. The zero-order chi connectivity index (χ0) is 10.1. The van der Waals surface area contributed by atoms with Crippen molar-refractivity contribution < 1.29 is 0 Å². The van der Waals surface area contributed by atoms with Gasteiger partial charge >= 0.3 is 0 Å². The van der Waals surface area contributed by atoms with Crippen molar-refractivity contribution in [3.05, 3.63) is 0 Å². The third-order valence-electron chi connectivity index (χ3n) is 3.95. The summed E-state index contributed by atoms with van der Waals surface area (Å²) in [4.78, 5) is 2.47. The van der Waals surface area contributed by atoms with Crippen molar-refractivity contribution in [1.29, 1.82) is 0 Å². The predicted molar refractivity (Wildman–Crippen MR) is 60.4 cm³/mol. The van der Waals surface area contributed by atoms with E-state index >= 15 is 0 Å². The SMILES string of the molecule is CC1CC1NC(C)C1CCCN(C)C1. The lowest BCUT2D eigenvalue weighted by molar-refractivity contribution is 0.178. The first kappa shape index (κ1) is 10.4. The van der Waals surface area contributed by atoms with Gasteiger partial charge in [0.05, 0.1) is 0 Å². The fraction of sp³-hybridized carbons (Fsp3) is 1.00. The van der Waals surface area contributed by atoms with Crippen molar-refractivity contribution in [1.82, 2.24) is 10.2 Å². The summed E-state index contributed by atoms with van der Waals surface area (Å²) >= 11 is 0. The number of nitrogens with zero attached hydrogens (tertiary/aromatic N) is 1. The lowest BCUT2D eigenvalue weighted by Crippen LogP contribution is -2.44. The second-order valence-corrected chi connectivity index (χ2v) is 5.44. The highest BCUT2D eigenvalue weighted by molar-refractivity contribution is 4.93. The number of hydrogen-bond acceptors (Lipinski definition) is 2. The van der Waals surface area contributed by atoms with Gasteiger partial charge in [-0.05, 0) is 51.6 Å². The van der Waals surface area contributed by atoms with E-state index < -0.39 is 0 Å². The Labute approximate surface area is 88.1 Å². The molecule has 0 aromatic rings. The third kappa shape index (κ3) is 2.48. The van der Waals surface area contributed by atoms with Gasteiger partial charge in [-0.3, -0.25) is 0 Å². The maximum absolute atomic E-state index is 3.77. The van der Waals surface area contributed by atoms with Gasteiger partial charge in [-0.1, -0.05) is 6.92 Å². The number of piperidine rings is 1. The molecule has 1 aliphatic heterocycles. The van der Waals surface area contributed by atoms with Crippen molar-refractivity contribution in [2.75, 3.05) is 20.1 Å². The molecule has 0 spiro atoms. The minimum Gasteiger partial charge on any atom is -0.311 e. The van der Waals surface area contributed by atoms with Crippen LogP contribution in [0.15, 0.2) is 0 Å². The van der Waals surface area contributed by atoms with Crippen LogP contribution < -0.4 is 5.32 Å². The van der Waals surface area contributed by atoms with Gasteiger partial charge in [0.2, 0.25) is 0 Å². The van der Waals surface area contributed by atoms with E-state index in [1.165, 1.54) is 32.4 Å². The van der Waals surface area contributed by atoms with E-state index in [0.717, 1.165) is 17.9 Å². The molecule has 4 atom stereocenters. The van der Waals surface area contributed by atoms with E-state index in [9.17, 15) is 0 Å². The Morgan fingerprint density at radius 3 is 2.71 bits per heavy atom. The molecule has 2 aliphatic rings. The van der Waals surface area contributed by atoms with Gasteiger partial charge in [0, 0.05) is 18.6 Å².